The van der Waals surface area contributed by atoms with Crippen LogP contribution in [0.2, 0.25) is 0 Å². The molecule has 0 saturated heterocycles. The summed E-state index contributed by atoms with van der Waals surface area (Å²) in [6.45, 7) is 4.71. The highest BCUT2D eigenvalue weighted by molar-refractivity contribution is 5.70. The summed E-state index contributed by atoms with van der Waals surface area (Å²) < 4.78 is 22.9. The third-order valence-corrected chi connectivity index (χ3v) is 16.8. The Bertz CT molecular complexity index is 1550. The third-order valence-electron chi connectivity index (χ3n) is 16.8. The van der Waals surface area contributed by atoms with E-state index < -0.39 is 24.3 Å². The number of quaternary nitrogens is 1. The van der Waals surface area contributed by atoms with Crippen LogP contribution < -0.4 is 5.11 Å². The van der Waals surface area contributed by atoms with Crippen molar-refractivity contribution in [1.82, 2.24) is 0 Å². The van der Waals surface area contributed by atoms with Crippen LogP contribution in [0, 0.1) is 0 Å². The number of carboxylic acid groups (broad SMARTS) is 1. The number of carbonyl (C=O) groups is 3. The normalized spacial score (nSPS) is 12.9. The molecule has 0 aromatic rings. The number of carbonyl (C=O) groups excluding carboxylic acids is 3. The molecule has 0 aliphatic rings. The number of nitrogens with zero attached hydrogens (tertiary/aromatic N) is 1. The molecule has 2 atom stereocenters. The summed E-state index contributed by atoms with van der Waals surface area (Å²) in [6, 6.07) is 0. The number of hydrogen-bond acceptors (Lipinski definition) is 8. The number of unbranched alkanes of at least 4 members (excludes halogenated alkanes) is 47. The van der Waals surface area contributed by atoms with E-state index in [0.29, 0.717) is 17.4 Å². The Kier molecular flexibility index (Phi) is 66.0. The highest BCUT2D eigenvalue weighted by atomic mass is 16.7. The standard InChI is InChI=1S/C77H143NO8/c1-6-8-10-12-14-16-18-20-22-24-26-28-30-32-34-36-37-38-39-40-42-44-46-48-50-52-54-56-58-60-62-64-66-68-75(80)86-73(72-85-77(76(81)82)83-70-69-78(3,4)5)71-84-74(79)67-65-63-61-59-57-55-53-51-49-47-45-43-41-35-33-31-29-27-25-23-21-19-17-15-13-11-9-7-2/h8,10,14,16,20,22,26,28,73,77H,6-7,9,11-13,15,17-19,21,23-25,27,29-72H2,1-5H3/b10-8-,16-14-,22-20-,28-26-. The summed E-state index contributed by atoms with van der Waals surface area (Å²) >= 11 is 0. The van der Waals surface area contributed by atoms with Crippen LogP contribution in [0.1, 0.15) is 367 Å². The van der Waals surface area contributed by atoms with Gasteiger partial charge in [0, 0.05) is 12.8 Å². The summed E-state index contributed by atoms with van der Waals surface area (Å²) in [5, 5.41) is 11.8. The Labute approximate surface area is 533 Å². The molecule has 0 bridgehead atoms. The molecule has 9 heteroatoms. The zero-order chi connectivity index (χ0) is 62.6. The summed E-state index contributed by atoms with van der Waals surface area (Å²) in [5.74, 6) is -2.25. The van der Waals surface area contributed by atoms with Gasteiger partial charge in [0.1, 0.15) is 13.2 Å². The molecular weight excluding hydrogens is 1070 g/mol. The Balaban J connectivity index is 4.02. The fraction of sp³-hybridized carbons (Fsp3) is 0.857. The number of likely N-dealkylation sites (N-methyl/N-ethyl adjacent to an activating group) is 1. The maximum Gasteiger partial charge on any atom is 0.306 e. The van der Waals surface area contributed by atoms with Crippen molar-refractivity contribution in [3.05, 3.63) is 48.6 Å². The molecule has 2 unspecified atom stereocenters. The third kappa shape index (κ3) is 68.7. The minimum atomic E-state index is -1.62. The summed E-state index contributed by atoms with van der Waals surface area (Å²) in [4.78, 5) is 37.5. The largest absolute Gasteiger partial charge is 0.545 e. The lowest BCUT2D eigenvalue weighted by Crippen LogP contribution is -2.44. The number of carboxylic acids is 1. The lowest BCUT2D eigenvalue weighted by Gasteiger charge is -2.26. The number of esters is 2. The number of ether oxygens (including phenoxy) is 4. The monoisotopic (exact) mass is 1210 g/mol. The van der Waals surface area contributed by atoms with Crippen molar-refractivity contribution in [2.24, 2.45) is 0 Å². The van der Waals surface area contributed by atoms with Crippen LogP contribution in [0.25, 0.3) is 0 Å². The van der Waals surface area contributed by atoms with Gasteiger partial charge in [-0.2, -0.15) is 0 Å². The quantitative estimate of drug-likeness (QED) is 0.0195. The lowest BCUT2D eigenvalue weighted by molar-refractivity contribution is -0.870. The van der Waals surface area contributed by atoms with Crippen LogP contribution >= 0.6 is 0 Å². The van der Waals surface area contributed by atoms with Crippen LogP contribution in [0.15, 0.2) is 48.6 Å². The average molecular weight is 1210 g/mol. The van der Waals surface area contributed by atoms with Crippen molar-refractivity contribution in [3.63, 3.8) is 0 Å². The van der Waals surface area contributed by atoms with E-state index in [0.717, 1.165) is 64.2 Å². The summed E-state index contributed by atoms with van der Waals surface area (Å²) in [6.07, 6.45) is 85.0. The van der Waals surface area contributed by atoms with Gasteiger partial charge < -0.3 is 33.3 Å². The van der Waals surface area contributed by atoms with Crippen molar-refractivity contribution < 1.29 is 42.9 Å². The fourth-order valence-corrected chi connectivity index (χ4v) is 11.2. The van der Waals surface area contributed by atoms with Gasteiger partial charge in [-0.15, -0.1) is 0 Å². The van der Waals surface area contributed by atoms with Crippen molar-refractivity contribution in [2.45, 2.75) is 379 Å². The SMILES string of the molecule is CC/C=C\C/C=C\C/C=C\C/C=C\CCCCCCCCCCCCCCCCCCCCCCC(=O)OC(COC(=O)CCCCCCCCCCCCCCCCCCCCCCCCCCCCCC)COC(OCC[N+](C)(C)C)C(=O)[O-]. The molecule has 0 rings (SSSR count). The predicted molar refractivity (Wildman–Crippen MR) is 366 cm³/mol. The Morgan fingerprint density at radius 3 is 0.988 bits per heavy atom. The second-order valence-electron chi connectivity index (χ2n) is 26.6. The van der Waals surface area contributed by atoms with Gasteiger partial charge in [0.15, 0.2) is 12.4 Å². The first-order valence-corrected chi connectivity index (χ1v) is 37.3. The summed E-state index contributed by atoms with van der Waals surface area (Å²) in [7, 11) is 5.95. The van der Waals surface area contributed by atoms with E-state index in [1.165, 1.54) is 276 Å². The van der Waals surface area contributed by atoms with Crippen molar-refractivity contribution in [3.8, 4) is 0 Å². The number of hydrogen-bond donors (Lipinski definition) is 0. The van der Waals surface area contributed by atoms with E-state index in [9.17, 15) is 19.5 Å². The average Bonchev–Trinajstić information content (AvgIpc) is 3.64. The highest BCUT2D eigenvalue weighted by Gasteiger charge is 2.22. The van der Waals surface area contributed by atoms with Crippen molar-refractivity contribution in [2.75, 3.05) is 47.5 Å². The maximum absolute atomic E-state index is 13.0. The molecule has 0 aromatic heterocycles. The second-order valence-corrected chi connectivity index (χ2v) is 26.6. The van der Waals surface area contributed by atoms with Crippen LogP contribution in [-0.4, -0.2) is 82.3 Å². The van der Waals surface area contributed by atoms with Gasteiger partial charge in [-0.05, 0) is 51.4 Å². The van der Waals surface area contributed by atoms with Crippen LogP contribution in [0.4, 0.5) is 0 Å². The van der Waals surface area contributed by atoms with Crippen LogP contribution in [0.5, 0.6) is 0 Å². The Morgan fingerprint density at radius 2 is 0.663 bits per heavy atom. The zero-order valence-electron chi connectivity index (χ0n) is 57.7. The highest BCUT2D eigenvalue weighted by Crippen LogP contribution is 2.19. The molecule has 0 heterocycles. The Hall–Kier alpha value is -2.75. The summed E-state index contributed by atoms with van der Waals surface area (Å²) in [5.41, 5.74) is 0. The van der Waals surface area contributed by atoms with Gasteiger partial charge in [-0.3, -0.25) is 9.59 Å². The van der Waals surface area contributed by atoms with Gasteiger partial charge in [0.05, 0.1) is 40.3 Å². The molecule has 9 nitrogen and oxygen atoms in total. The number of rotatable bonds is 70. The smallest absolute Gasteiger partial charge is 0.306 e. The van der Waals surface area contributed by atoms with Gasteiger partial charge in [0.2, 0.25) is 0 Å². The minimum absolute atomic E-state index is 0.151. The molecule has 0 N–H and O–H groups in total. The van der Waals surface area contributed by atoms with Gasteiger partial charge in [-0.25, -0.2) is 0 Å². The molecule has 0 aliphatic heterocycles. The fourth-order valence-electron chi connectivity index (χ4n) is 11.2. The molecule has 504 valence electrons. The first-order chi connectivity index (χ1) is 42.1. The van der Waals surface area contributed by atoms with E-state index in [4.69, 9.17) is 18.9 Å². The molecule has 0 aliphatic carbocycles. The molecule has 86 heavy (non-hydrogen) atoms. The molecule has 0 spiro atoms. The second kappa shape index (κ2) is 68.2. The molecule has 0 saturated carbocycles. The molecular formula is C77H143NO8. The molecule has 0 fully saturated rings. The van der Waals surface area contributed by atoms with Crippen molar-refractivity contribution in [1.29, 1.82) is 0 Å². The first-order valence-electron chi connectivity index (χ1n) is 37.3. The first kappa shape index (κ1) is 83.2. The van der Waals surface area contributed by atoms with Gasteiger partial charge >= 0.3 is 11.9 Å². The van der Waals surface area contributed by atoms with E-state index in [1.54, 1.807) is 0 Å². The predicted octanol–water partition coefficient (Wildman–Crippen LogP) is 22.0. The lowest BCUT2D eigenvalue weighted by atomic mass is 10.0. The van der Waals surface area contributed by atoms with E-state index in [2.05, 4.69) is 62.5 Å². The molecule has 0 amide bonds. The van der Waals surface area contributed by atoms with Crippen molar-refractivity contribution >= 4 is 17.9 Å². The topological polar surface area (TPSA) is 111 Å². The Morgan fingerprint density at radius 1 is 0.360 bits per heavy atom. The number of allylic oxidation sites excluding steroid dienone is 8. The zero-order valence-corrected chi connectivity index (χ0v) is 57.7. The van der Waals surface area contributed by atoms with E-state index >= 15 is 0 Å². The van der Waals surface area contributed by atoms with Gasteiger partial charge in [-0.1, -0.05) is 351 Å². The maximum atomic E-state index is 13.0. The van der Waals surface area contributed by atoms with Crippen LogP contribution in [0.3, 0.4) is 0 Å². The van der Waals surface area contributed by atoms with E-state index in [1.807, 2.05) is 21.1 Å². The minimum Gasteiger partial charge on any atom is -0.545 e. The van der Waals surface area contributed by atoms with Gasteiger partial charge in [0.25, 0.3) is 0 Å². The van der Waals surface area contributed by atoms with E-state index in [-0.39, 0.29) is 32.2 Å². The number of aliphatic carboxylic acids is 1. The molecule has 0 aromatic carbocycles. The molecule has 0 radical (unpaired) electrons. The van der Waals surface area contributed by atoms with Crippen LogP contribution in [-0.2, 0) is 33.3 Å².